The fraction of sp³-hybridized carbons (Fsp3) is 0.444. The number of nitrogens with one attached hydrogen (secondary N) is 1. The fourth-order valence-corrected chi connectivity index (χ4v) is 5.16. The normalized spacial score (nSPS) is 17.5. The SMILES string of the molecule is CCOC(CNC(=O)OCC1c2ccccc2-c2ccccc21)CC(=O)N1CCC[C@@H]1CC(=O)O. The predicted octanol–water partition coefficient (Wildman–Crippen LogP) is 3.79. The molecule has 0 bridgehead atoms. The number of nitrogens with zero attached hydrogens (tertiary/aromatic N) is 1. The van der Waals surface area contributed by atoms with Crippen molar-refractivity contribution in [3.8, 4) is 11.1 Å². The molecular weight excluding hydrogens is 448 g/mol. The zero-order valence-corrected chi connectivity index (χ0v) is 19.9. The number of carbonyl (C=O) groups is 3. The molecule has 8 heteroatoms. The van der Waals surface area contributed by atoms with Crippen LogP contribution in [0.2, 0.25) is 0 Å². The fourth-order valence-electron chi connectivity index (χ4n) is 5.16. The van der Waals surface area contributed by atoms with Gasteiger partial charge in [-0.1, -0.05) is 48.5 Å². The van der Waals surface area contributed by atoms with Crippen LogP contribution in [0.4, 0.5) is 4.79 Å². The van der Waals surface area contributed by atoms with Crippen LogP contribution in [0, 0.1) is 0 Å². The lowest BCUT2D eigenvalue weighted by atomic mass is 9.98. The number of benzene rings is 2. The van der Waals surface area contributed by atoms with Crippen LogP contribution in [0.3, 0.4) is 0 Å². The molecule has 4 rings (SSSR count). The highest BCUT2D eigenvalue weighted by atomic mass is 16.5. The van der Waals surface area contributed by atoms with Gasteiger partial charge in [0.05, 0.1) is 18.9 Å². The molecule has 1 unspecified atom stereocenters. The number of alkyl carbamates (subject to hydrolysis) is 1. The third-order valence-electron chi connectivity index (χ3n) is 6.73. The van der Waals surface area contributed by atoms with Crippen molar-refractivity contribution in [2.75, 3.05) is 26.3 Å². The summed E-state index contributed by atoms with van der Waals surface area (Å²) < 4.78 is 11.2. The average molecular weight is 481 g/mol. The molecule has 1 aliphatic heterocycles. The molecule has 2 atom stereocenters. The molecule has 8 nitrogen and oxygen atoms in total. The number of fused-ring (bicyclic) bond motifs is 3. The molecule has 0 radical (unpaired) electrons. The van der Waals surface area contributed by atoms with Crippen molar-refractivity contribution in [1.82, 2.24) is 10.2 Å². The summed E-state index contributed by atoms with van der Waals surface area (Å²) in [5.74, 6) is -1.09. The van der Waals surface area contributed by atoms with Crippen LogP contribution in [-0.2, 0) is 19.1 Å². The Balaban J connectivity index is 1.30. The highest BCUT2D eigenvalue weighted by Crippen LogP contribution is 2.44. The molecule has 2 aliphatic rings. The van der Waals surface area contributed by atoms with Gasteiger partial charge in [-0.05, 0) is 42.0 Å². The Bertz CT molecular complexity index is 1030. The van der Waals surface area contributed by atoms with Crippen LogP contribution >= 0.6 is 0 Å². The van der Waals surface area contributed by atoms with Crippen LogP contribution in [0.15, 0.2) is 48.5 Å². The maximum absolute atomic E-state index is 12.8. The van der Waals surface area contributed by atoms with E-state index in [1.165, 1.54) is 0 Å². The minimum Gasteiger partial charge on any atom is -0.481 e. The summed E-state index contributed by atoms with van der Waals surface area (Å²) in [6.45, 7) is 3.11. The monoisotopic (exact) mass is 480 g/mol. The van der Waals surface area contributed by atoms with Crippen LogP contribution in [0.5, 0.6) is 0 Å². The van der Waals surface area contributed by atoms with Gasteiger partial charge in [-0.15, -0.1) is 0 Å². The molecule has 2 N–H and O–H groups in total. The molecule has 2 aromatic rings. The lowest BCUT2D eigenvalue weighted by Crippen LogP contribution is -2.42. The Morgan fingerprint density at radius 3 is 2.37 bits per heavy atom. The predicted molar refractivity (Wildman–Crippen MR) is 130 cm³/mol. The van der Waals surface area contributed by atoms with Gasteiger partial charge < -0.3 is 24.8 Å². The van der Waals surface area contributed by atoms with Gasteiger partial charge in [0.15, 0.2) is 0 Å². The molecule has 0 spiro atoms. The van der Waals surface area contributed by atoms with E-state index in [9.17, 15) is 14.4 Å². The number of amides is 2. The topological polar surface area (TPSA) is 105 Å². The Kier molecular flexibility index (Phi) is 8.02. The van der Waals surface area contributed by atoms with Crippen molar-refractivity contribution in [1.29, 1.82) is 0 Å². The Morgan fingerprint density at radius 1 is 1.09 bits per heavy atom. The minimum absolute atomic E-state index is 0.0289. The van der Waals surface area contributed by atoms with Crippen LogP contribution in [-0.4, -0.2) is 66.4 Å². The Labute approximate surface area is 205 Å². The van der Waals surface area contributed by atoms with Gasteiger partial charge in [0, 0.05) is 31.7 Å². The first-order valence-electron chi connectivity index (χ1n) is 12.2. The molecule has 186 valence electrons. The third kappa shape index (κ3) is 5.82. The second-order valence-corrected chi connectivity index (χ2v) is 8.97. The molecule has 1 aliphatic carbocycles. The number of hydrogen-bond donors (Lipinski definition) is 2. The van der Waals surface area contributed by atoms with Gasteiger partial charge >= 0.3 is 12.1 Å². The summed E-state index contributed by atoms with van der Waals surface area (Å²) in [4.78, 5) is 38.0. The van der Waals surface area contributed by atoms with E-state index in [4.69, 9.17) is 14.6 Å². The molecule has 2 amide bonds. The summed E-state index contributed by atoms with van der Waals surface area (Å²) in [7, 11) is 0. The second-order valence-electron chi connectivity index (χ2n) is 8.97. The van der Waals surface area contributed by atoms with Crippen molar-refractivity contribution in [2.45, 2.75) is 50.7 Å². The van der Waals surface area contributed by atoms with Gasteiger partial charge in [-0.2, -0.15) is 0 Å². The number of aliphatic carboxylic acids is 1. The van der Waals surface area contributed by atoms with Crippen molar-refractivity contribution < 1.29 is 29.0 Å². The number of carboxylic acids is 1. The molecule has 2 aromatic carbocycles. The average Bonchev–Trinajstić information content (AvgIpc) is 3.43. The van der Waals surface area contributed by atoms with Gasteiger partial charge in [-0.3, -0.25) is 9.59 Å². The standard InChI is InChI=1S/C27H32N2O6/c1-2-34-19(15-25(30)29-13-7-8-18(29)14-26(31)32)16-28-27(33)35-17-24-22-11-5-3-9-20(22)21-10-4-6-12-23(21)24/h3-6,9-12,18-19,24H,2,7-8,13-17H2,1H3,(H,28,33)(H,31,32)/t18-,19?/m1/s1. The summed E-state index contributed by atoms with van der Waals surface area (Å²) >= 11 is 0. The van der Waals surface area contributed by atoms with Gasteiger partial charge in [0.1, 0.15) is 6.61 Å². The minimum atomic E-state index is -0.909. The molecule has 1 saturated heterocycles. The van der Waals surface area contributed by atoms with Crippen molar-refractivity contribution in [3.05, 3.63) is 59.7 Å². The quantitative estimate of drug-likeness (QED) is 0.536. The molecule has 1 heterocycles. The van der Waals surface area contributed by atoms with E-state index in [0.29, 0.717) is 19.6 Å². The lowest BCUT2D eigenvalue weighted by molar-refractivity contribution is -0.140. The highest BCUT2D eigenvalue weighted by molar-refractivity contribution is 5.80. The highest BCUT2D eigenvalue weighted by Gasteiger charge is 2.32. The number of hydrogen-bond acceptors (Lipinski definition) is 5. The second kappa shape index (κ2) is 11.4. The van der Waals surface area contributed by atoms with E-state index in [1.54, 1.807) is 4.90 Å². The van der Waals surface area contributed by atoms with Gasteiger partial charge in [-0.25, -0.2) is 4.79 Å². The number of rotatable bonds is 10. The first-order valence-corrected chi connectivity index (χ1v) is 12.2. The number of carbonyl (C=O) groups excluding carboxylic acids is 2. The van der Waals surface area contributed by atoms with Crippen molar-refractivity contribution >= 4 is 18.0 Å². The molecule has 1 fully saturated rings. The van der Waals surface area contributed by atoms with Gasteiger partial charge in [0.25, 0.3) is 0 Å². The summed E-state index contributed by atoms with van der Waals surface area (Å²) in [6, 6.07) is 16.0. The summed E-state index contributed by atoms with van der Waals surface area (Å²) in [5, 5.41) is 11.8. The summed E-state index contributed by atoms with van der Waals surface area (Å²) in [5.41, 5.74) is 4.60. The lowest BCUT2D eigenvalue weighted by Gasteiger charge is -2.26. The van der Waals surface area contributed by atoms with E-state index < -0.39 is 18.2 Å². The van der Waals surface area contributed by atoms with Crippen molar-refractivity contribution in [3.63, 3.8) is 0 Å². The number of ether oxygens (including phenoxy) is 2. The maximum atomic E-state index is 12.8. The Morgan fingerprint density at radius 2 is 1.74 bits per heavy atom. The molecule has 0 saturated carbocycles. The van der Waals surface area contributed by atoms with Crippen LogP contribution < -0.4 is 5.32 Å². The first kappa shape index (κ1) is 24.7. The first-order chi connectivity index (χ1) is 17.0. The van der Waals surface area contributed by atoms with Crippen molar-refractivity contribution in [2.24, 2.45) is 0 Å². The number of carboxylic acid groups (broad SMARTS) is 1. The van der Waals surface area contributed by atoms with Gasteiger partial charge in [0.2, 0.25) is 5.91 Å². The smallest absolute Gasteiger partial charge is 0.407 e. The van der Waals surface area contributed by atoms with Crippen LogP contribution in [0.1, 0.15) is 49.7 Å². The number of likely N-dealkylation sites (tertiary alicyclic amines) is 1. The van der Waals surface area contributed by atoms with E-state index in [0.717, 1.165) is 28.7 Å². The summed E-state index contributed by atoms with van der Waals surface area (Å²) in [6.07, 6.45) is 0.431. The third-order valence-corrected chi connectivity index (χ3v) is 6.73. The molecular formula is C27H32N2O6. The molecule has 35 heavy (non-hydrogen) atoms. The molecule has 0 aromatic heterocycles. The largest absolute Gasteiger partial charge is 0.481 e. The Hall–Kier alpha value is -3.39. The van der Waals surface area contributed by atoms with E-state index in [-0.39, 0.29) is 43.9 Å². The zero-order chi connectivity index (χ0) is 24.8. The maximum Gasteiger partial charge on any atom is 0.407 e. The van der Waals surface area contributed by atoms with E-state index >= 15 is 0 Å². The van der Waals surface area contributed by atoms with E-state index in [1.807, 2.05) is 31.2 Å². The van der Waals surface area contributed by atoms with E-state index in [2.05, 4.69) is 29.6 Å². The zero-order valence-electron chi connectivity index (χ0n) is 19.9. The van der Waals surface area contributed by atoms with Crippen LogP contribution in [0.25, 0.3) is 11.1 Å².